The minimum absolute atomic E-state index is 0.196. The average Bonchev–Trinajstić information content (AvgIpc) is 3.18. The summed E-state index contributed by atoms with van der Waals surface area (Å²) in [5, 5.41) is 18.0. The number of nitrogens with one attached hydrogen (secondary N) is 1. The number of aliphatic hydroxyl groups excluding tert-OH is 1. The number of aromatic nitrogens is 2. The van der Waals surface area contributed by atoms with Gasteiger partial charge in [-0.25, -0.2) is 0 Å². The van der Waals surface area contributed by atoms with Gasteiger partial charge in [-0.05, 0) is 30.3 Å². The first-order valence-corrected chi connectivity index (χ1v) is 10.4. The van der Waals surface area contributed by atoms with Gasteiger partial charge in [0.25, 0.3) is 0 Å². The average molecular weight is 425 g/mol. The molecule has 1 atom stereocenters. The molecule has 2 N–H and O–H groups in total. The first-order valence-electron chi connectivity index (χ1n) is 10.4. The molecule has 0 saturated carbocycles. The van der Waals surface area contributed by atoms with E-state index in [1.807, 2.05) is 62.9 Å². The predicted molar refractivity (Wildman–Crippen MR) is 121 cm³/mol. The van der Waals surface area contributed by atoms with Crippen molar-refractivity contribution in [3.8, 4) is 11.5 Å². The lowest BCUT2D eigenvalue weighted by Crippen LogP contribution is -2.32. The van der Waals surface area contributed by atoms with Gasteiger partial charge in [0.1, 0.15) is 12.7 Å². The van der Waals surface area contributed by atoms with Crippen LogP contribution >= 0.6 is 0 Å². The lowest BCUT2D eigenvalue weighted by Gasteiger charge is -2.21. The molecular weight excluding hydrogens is 392 g/mol. The van der Waals surface area contributed by atoms with Crippen LogP contribution in [0.4, 0.5) is 0 Å². The summed E-state index contributed by atoms with van der Waals surface area (Å²) in [5.74, 6) is 1.29. The number of ether oxygens (including phenoxy) is 2. The fourth-order valence-electron chi connectivity index (χ4n) is 3.42. The van der Waals surface area contributed by atoms with E-state index in [4.69, 9.17) is 9.47 Å². The SMILES string of the molecule is COc1ccc(CNCc2cnn(C)c2)cc1OC[C@H](O)CN(C)Cc1ccccc1. The molecule has 0 saturated heterocycles. The summed E-state index contributed by atoms with van der Waals surface area (Å²) in [6.45, 7) is 2.92. The second-order valence-corrected chi connectivity index (χ2v) is 7.76. The van der Waals surface area contributed by atoms with Crippen molar-refractivity contribution in [2.24, 2.45) is 7.05 Å². The van der Waals surface area contributed by atoms with Gasteiger partial charge in [-0.3, -0.25) is 9.58 Å². The van der Waals surface area contributed by atoms with Gasteiger partial charge in [0.05, 0.1) is 13.3 Å². The predicted octanol–water partition coefficient (Wildman–Crippen LogP) is 2.59. The third-order valence-electron chi connectivity index (χ3n) is 4.89. The first-order chi connectivity index (χ1) is 15.0. The Balaban J connectivity index is 1.49. The van der Waals surface area contributed by atoms with Crippen LogP contribution in [0.5, 0.6) is 11.5 Å². The van der Waals surface area contributed by atoms with E-state index in [0.717, 1.165) is 24.2 Å². The van der Waals surface area contributed by atoms with E-state index in [1.165, 1.54) is 5.56 Å². The molecule has 31 heavy (non-hydrogen) atoms. The van der Waals surface area contributed by atoms with Crippen molar-refractivity contribution in [2.45, 2.75) is 25.7 Å². The highest BCUT2D eigenvalue weighted by Gasteiger charge is 2.12. The Kier molecular flexibility index (Phi) is 8.46. The van der Waals surface area contributed by atoms with Crippen LogP contribution in [0.15, 0.2) is 60.9 Å². The van der Waals surface area contributed by atoms with Gasteiger partial charge in [-0.1, -0.05) is 36.4 Å². The molecule has 0 unspecified atom stereocenters. The molecule has 1 aromatic heterocycles. The zero-order chi connectivity index (χ0) is 22.1. The van der Waals surface area contributed by atoms with Crippen molar-refractivity contribution >= 4 is 0 Å². The molecule has 0 aliphatic carbocycles. The van der Waals surface area contributed by atoms with Crippen LogP contribution in [0.25, 0.3) is 0 Å². The van der Waals surface area contributed by atoms with Gasteiger partial charge in [-0.2, -0.15) is 5.10 Å². The van der Waals surface area contributed by atoms with Crippen molar-refractivity contribution in [3.63, 3.8) is 0 Å². The van der Waals surface area contributed by atoms with Crippen molar-refractivity contribution in [2.75, 3.05) is 27.3 Å². The van der Waals surface area contributed by atoms with Crippen LogP contribution < -0.4 is 14.8 Å². The second kappa shape index (κ2) is 11.5. The summed E-state index contributed by atoms with van der Waals surface area (Å²) in [5.41, 5.74) is 3.43. The third-order valence-corrected chi connectivity index (χ3v) is 4.89. The molecule has 7 nitrogen and oxygen atoms in total. The molecule has 0 fully saturated rings. The van der Waals surface area contributed by atoms with Crippen LogP contribution in [0, 0.1) is 0 Å². The number of nitrogens with zero attached hydrogens (tertiary/aromatic N) is 3. The summed E-state index contributed by atoms with van der Waals surface area (Å²) in [6.07, 6.45) is 3.24. The number of hydrogen-bond acceptors (Lipinski definition) is 6. The zero-order valence-corrected chi connectivity index (χ0v) is 18.5. The number of aryl methyl sites for hydroxylation is 1. The van der Waals surface area contributed by atoms with E-state index in [9.17, 15) is 5.11 Å². The zero-order valence-electron chi connectivity index (χ0n) is 18.5. The van der Waals surface area contributed by atoms with E-state index in [2.05, 4.69) is 27.4 Å². The maximum absolute atomic E-state index is 10.4. The summed E-state index contributed by atoms with van der Waals surface area (Å²) >= 11 is 0. The molecule has 0 amide bonds. The highest BCUT2D eigenvalue weighted by Crippen LogP contribution is 2.28. The number of benzene rings is 2. The van der Waals surface area contributed by atoms with Crippen LogP contribution in [0.1, 0.15) is 16.7 Å². The Morgan fingerprint density at radius 3 is 2.55 bits per heavy atom. The fraction of sp³-hybridized carbons (Fsp3) is 0.375. The molecule has 7 heteroatoms. The Bertz CT molecular complexity index is 930. The second-order valence-electron chi connectivity index (χ2n) is 7.76. The summed E-state index contributed by atoms with van der Waals surface area (Å²) in [7, 11) is 5.52. The molecule has 0 radical (unpaired) electrons. The van der Waals surface area contributed by atoms with E-state index in [1.54, 1.807) is 11.8 Å². The molecule has 166 valence electrons. The maximum atomic E-state index is 10.4. The lowest BCUT2D eigenvalue weighted by molar-refractivity contribution is 0.0732. The summed E-state index contributed by atoms with van der Waals surface area (Å²) < 4.78 is 13.1. The van der Waals surface area contributed by atoms with Gasteiger partial charge in [0.15, 0.2) is 11.5 Å². The summed E-state index contributed by atoms with van der Waals surface area (Å²) in [4.78, 5) is 2.08. The van der Waals surface area contributed by atoms with E-state index in [-0.39, 0.29) is 6.61 Å². The molecule has 3 rings (SSSR count). The number of hydrogen-bond donors (Lipinski definition) is 2. The minimum atomic E-state index is -0.606. The number of likely N-dealkylation sites (N-methyl/N-ethyl adjacent to an activating group) is 1. The number of rotatable bonds is 12. The first kappa shape index (κ1) is 22.8. The van der Waals surface area contributed by atoms with Gasteiger partial charge in [0, 0.05) is 45.0 Å². The minimum Gasteiger partial charge on any atom is -0.493 e. The Morgan fingerprint density at radius 2 is 1.84 bits per heavy atom. The summed E-state index contributed by atoms with van der Waals surface area (Å²) in [6, 6.07) is 16.1. The highest BCUT2D eigenvalue weighted by atomic mass is 16.5. The largest absolute Gasteiger partial charge is 0.493 e. The molecule has 0 spiro atoms. The van der Waals surface area contributed by atoms with Crippen LogP contribution in [0.3, 0.4) is 0 Å². The van der Waals surface area contributed by atoms with Crippen molar-refractivity contribution in [1.29, 1.82) is 0 Å². The quantitative estimate of drug-likeness (QED) is 0.466. The monoisotopic (exact) mass is 424 g/mol. The fourth-order valence-corrected chi connectivity index (χ4v) is 3.42. The molecule has 1 heterocycles. The van der Waals surface area contributed by atoms with Crippen LogP contribution in [-0.2, 0) is 26.7 Å². The molecular formula is C24H32N4O3. The molecule has 0 aliphatic rings. The van der Waals surface area contributed by atoms with E-state index >= 15 is 0 Å². The van der Waals surface area contributed by atoms with Gasteiger partial charge < -0.3 is 19.9 Å². The standard InChI is InChI=1S/C24H32N4O3/c1-27(15-19-7-5-4-6-8-19)17-22(29)18-31-24-11-20(9-10-23(24)30-3)12-25-13-21-14-26-28(2)16-21/h4-11,14,16,22,25,29H,12-13,15,17-18H2,1-3H3/t22-/m1/s1. The van der Waals surface area contributed by atoms with Gasteiger partial charge >= 0.3 is 0 Å². The van der Waals surface area contributed by atoms with Gasteiger partial charge in [0.2, 0.25) is 0 Å². The van der Waals surface area contributed by atoms with E-state index in [0.29, 0.717) is 24.6 Å². The normalized spacial score (nSPS) is 12.2. The maximum Gasteiger partial charge on any atom is 0.161 e. The van der Waals surface area contributed by atoms with Crippen LogP contribution in [-0.4, -0.2) is 53.2 Å². The Morgan fingerprint density at radius 1 is 1.06 bits per heavy atom. The molecule has 2 aromatic carbocycles. The Labute approximate surface area is 184 Å². The topological polar surface area (TPSA) is 71.8 Å². The van der Waals surface area contributed by atoms with E-state index < -0.39 is 6.10 Å². The lowest BCUT2D eigenvalue weighted by atomic mass is 10.2. The number of methoxy groups -OCH3 is 1. The van der Waals surface area contributed by atoms with Crippen molar-refractivity contribution in [3.05, 3.63) is 77.6 Å². The van der Waals surface area contributed by atoms with Crippen molar-refractivity contribution < 1.29 is 14.6 Å². The molecule has 0 bridgehead atoms. The highest BCUT2D eigenvalue weighted by molar-refractivity contribution is 5.43. The smallest absolute Gasteiger partial charge is 0.161 e. The van der Waals surface area contributed by atoms with Crippen molar-refractivity contribution in [1.82, 2.24) is 20.0 Å². The molecule has 3 aromatic rings. The number of aliphatic hydroxyl groups is 1. The molecule has 0 aliphatic heterocycles. The van der Waals surface area contributed by atoms with Crippen LogP contribution in [0.2, 0.25) is 0 Å². The van der Waals surface area contributed by atoms with Gasteiger partial charge in [-0.15, -0.1) is 0 Å². The third kappa shape index (κ3) is 7.40. The Hall–Kier alpha value is -2.87.